The van der Waals surface area contributed by atoms with Crippen LogP contribution in [0.3, 0.4) is 0 Å². The van der Waals surface area contributed by atoms with Gasteiger partial charge in [0.25, 0.3) is 0 Å². The van der Waals surface area contributed by atoms with Crippen LogP contribution in [0.5, 0.6) is 0 Å². The van der Waals surface area contributed by atoms with Crippen molar-refractivity contribution in [2.75, 3.05) is 0 Å². The van der Waals surface area contributed by atoms with Crippen LogP contribution >= 0.6 is 0 Å². The van der Waals surface area contributed by atoms with E-state index in [1.807, 2.05) is 34.6 Å². The molecular formula is C17H28N2O4. The number of rotatable bonds is 3. The minimum atomic E-state index is -0.685. The number of ether oxygens (including phenoxy) is 3. The molecule has 0 saturated carbocycles. The fraction of sp³-hybridized carbons (Fsp3) is 0.882. The van der Waals surface area contributed by atoms with Crippen molar-refractivity contribution in [3.05, 3.63) is 0 Å². The highest BCUT2D eigenvalue weighted by Crippen LogP contribution is 2.43. The molecule has 2 aliphatic heterocycles. The second kappa shape index (κ2) is 6.29. The zero-order valence-corrected chi connectivity index (χ0v) is 15.0. The third kappa shape index (κ3) is 3.78. The summed E-state index contributed by atoms with van der Waals surface area (Å²) in [5.74, 6) is -0.685. The maximum atomic E-state index is 12.7. The van der Waals surface area contributed by atoms with Gasteiger partial charge in [0.2, 0.25) is 0 Å². The van der Waals surface area contributed by atoms with Crippen LogP contribution in [0.25, 0.3) is 0 Å². The topological polar surface area (TPSA) is 71.8 Å². The summed E-state index contributed by atoms with van der Waals surface area (Å²) in [5, 5.41) is 9.20. The summed E-state index contributed by atoms with van der Waals surface area (Å²) in [7, 11) is 0. The zero-order valence-electron chi connectivity index (χ0n) is 15.0. The molecule has 2 rings (SSSR count). The Balaban J connectivity index is 2.30. The van der Waals surface area contributed by atoms with Crippen molar-refractivity contribution in [2.24, 2.45) is 0 Å². The minimum absolute atomic E-state index is 0.125. The molecule has 0 aromatic heterocycles. The number of carbonyl (C=O) groups excluding carboxylic acids is 1. The van der Waals surface area contributed by atoms with Gasteiger partial charge in [-0.2, -0.15) is 5.26 Å². The number of hydrogen-bond donors (Lipinski definition) is 0. The van der Waals surface area contributed by atoms with Crippen molar-refractivity contribution >= 4 is 6.09 Å². The SMILES string of the molecule is CCC[C@@H]1[C@H]2OC(C)(C)O[C@H]2[C@H](CC#N)N1C(=O)OC(C)(C)C. The summed E-state index contributed by atoms with van der Waals surface area (Å²) >= 11 is 0. The fourth-order valence-corrected chi connectivity index (χ4v) is 3.47. The summed E-state index contributed by atoms with van der Waals surface area (Å²) < 4.78 is 17.6. The van der Waals surface area contributed by atoms with E-state index in [4.69, 9.17) is 14.2 Å². The Hall–Kier alpha value is -1.32. The summed E-state index contributed by atoms with van der Waals surface area (Å²) in [5.41, 5.74) is -0.580. The molecule has 0 radical (unpaired) electrons. The lowest BCUT2D eigenvalue weighted by Crippen LogP contribution is -2.48. The molecule has 23 heavy (non-hydrogen) atoms. The normalized spacial score (nSPS) is 32.5. The molecule has 2 fully saturated rings. The first-order valence-corrected chi connectivity index (χ1v) is 8.33. The maximum absolute atomic E-state index is 12.7. The van der Waals surface area contributed by atoms with Crippen molar-refractivity contribution in [1.29, 1.82) is 5.26 Å². The zero-order chi connectivity index (χ0) is 17.4. The molecule has 0 aromatic rings. The van der Waals surface area contributed by atoms with Gasteiger partial charge in [-0.15, -0.1) is 0 Å². The second-order valence-corrected chi connectivity index (χ2v) is 7.74. The number of likely N-dealkylation sites (tertiary alicyclic amines) is 1. The number of nitriles is 1. The highest BCUT2D eigenvalue weighted by Gasteiger charge is 2.59. The quantitative estimate of drug-likeness (QED) is 0.797. The van der Waals surface area contributed by atoms with E-state index >= 15 is 0 Å². The van der Waals surface area contributed by atoms with E-state index in [-0.39, 0.29) is 30.7 Å². The molecule has 0 aromatic carbocycles. The van der Waals surface area contributed by atoms with Crippen molar-refractivity contribution in [3.63, 3.8) is 0 Å². The van der Waals surface area contributed by atoms with Crippen LogP contribution in [0.15, 0.2) is 0 Å². The van der Waals surface area contributed by atoms with Crippen molar-refractivity contribution < 1.29 is 19.0 Å². The molecule has 6 nitrogen and oxygen atoms in total. The summed E-state index contributed by atoms with van der Waals surface area (Å²) in [6.07, 6.45) is 1.03. The number of amides is 1. The van der Waals surface area contributed by atoms with E-state index in [0.29, 0.717) is 0 Å². The molecule has 0 N–H and O–H groups in total. The Bertz CT molecular complexity index is 492. The Morgan fingerprint density at radius 3 is 2.30 bits per heavy atom. The smallest absolute Gasteiger partial charge is 0.411 e. The molecule has 1 amide bonds. The van der Waals surface area contributed by atoms with E-state index in [2.05, 4.69) is 13.0 Å². The molecule has 0 spiro atoms. The molecule has 2 heterocycles. The highest BCUT2D eigenvalue weighted by atomic mass is 16.8. The van der Waals surface area contributed by atoms with Gasteiger partial charge in [-0.3, -0.25) is 4.90 Å². The summed E-state index contributed by atoms with van der Waals surface area (Å²) in [6, 6.07) is 1.71. The van der Waals surface area contributed by atoms with E-state index < -0.39 is 17.5 Å². The molecule has 6 heteroatoms. The van der Waals surface area contributed by atoms with Crippen molar-refractivity contribution in [2.45, 2.75) is 96.5 Å². The third-order valence-corrected chi connectivity index (χ3v) is 4.13. The van der Waals surface area contributed by atoms with Crippen LogP contribution in [0.2, 0.25) is 0 Å². The van der Waals surface area contributed by atoms with E-state index in [0.717, 1.165) is 12.8 Å². The maximum Gasteiger partial charge on any atom is 0.411 e. The van der Waals surface area contributed by atoms with E-state index in [9.17, 15) is 10.1 Å². The highest BCUT2D eigenvalue weighted by molar-refractivity contribution is 5.70. The van der Waals surface area contributed by atoms with Crippen molar-refractivity contribution in [1.82, 2.24) is 4.90 Å². The van der Waals surface area contributed by atoms with E-state index in [1.165, 1.54) is 0 Å². The van der Waals surface area contributed by atoms with Crippen LogP contribution < -0.4 is 0 Å². The first kappa shape index (κ1) is 18.0. The number of carbonyl (C=O) groups is 1. The largest absolute Gasteiger partial charge is 0.444 e. The lowest BCUT2D eigenvalue weighted by molar-refractivity contribution is -0.166. The van der Waals surface area contributed by atoms with Gasteiger partial charge in [0.1, 0.15) is 17.8 Å². The first-order chi connectivity index (χ1) is 10.6. The first-order valence-electron chi connectivity index (χ1n) is 8.33. The summed E-state index contributed by atoms with van der Waals surface area (Å²) in [6.45, 7) is 11.3. The Morgan fingerprint density at radius 1 is 1.26 bits per heavy atom. The number of fused-ring (bicyclic) bond motifs is 1. The van der Waals surface area contributed by atoms with Crippen LogP contribution in [0, 0.1) is 11.3 Å². The molecule has 0 unspecified atom stereocenters. The van der Waals surface area contributed by atoms with Gasteiger partial charge in [-0.25, -0.2) is 4.79 Å². The molecule has 2 saturated heterocycles. The minimum Gasteiger partial charge on any atom is -0.444 e. The van der Waals surface area contributed by atoms with Crippen LogP contribution in [-0.4, -0.2) is 46.7 Å². The average Bonchev–Trinajstić information content (AvgIpc) is 2.82. The molecule has 130 valence electrons. The lowest BCUT2D eigenvalue weighted by atomic mass is 10.0. The van der Waals surface area contributed by atoms with Gasteiger partial charge in [0.15, 0.2) is 5.79 Å². The summed E-state index contributed by atoms with van der Waals surface area (Å²) in [4.78, 5) is 14.4. The number of hydrogen-bond acceptors (Lipinski definition) is 5. The molecular weight excluding hydrogens is 296 g/mol. The monoisotopic (exact) mass is 324 g/mol. The molecule has 4 atom stereocenters. The molecule has 0 bridgehead atoms. The predicted octanol–water partition coefficient (Wildman–Crippen LogP) is 3.21. The van der Waals surface area contributed by atoms with Gasteiger partial charge in [-0.1, -0.05) is 13.3 Å². The standard InChI is InChI=1S/C17H28N2O4/c1-7-8-11-13-14(22-17(5,6)21-13)12(9-10-18)19(11)15(20)23-16(2,3)4/h11-14H,7-9H2,1-6H3/t11-,12+,13-,14+/m1/s1. The molecule has 2 aliphatic rings. The average molecular weight is 324 g/mol. The lowest BCUT2D eigenvalue weighted by Gasteiger charge is -2.34. The van der Waals surface area contributed by atoms with Gasteiger partial charge >= 0.3 is 6.09 Å². The van der Waals surface area contributed by atoms with Crippen LogP contribution in [0.4, 0.5) is 4.79 Å². The van der Waals surface area contributed by atoms with Gasteiger partial charge < -0.3 is 14.2 Å². The Kier molecular flexibility index (Phi) is 4.93. The van der Waals surface area contributed by atoms with Gasteiger partial charge in [0, 0.05) is 0 Å². The van der Waals surface area contributed by atoms with Crippen molar-refractivity contribution in [3.8, 4) is 6.07 Å². The van der Waals surface area contributed by atoms with Crippen LogP contribution in [0.1, 0.15) is 60.8 Å². The Labute approximate surface area is 138 Å². The van der Waals surface area contributed by atoms with Gasteiger partial charge in [0.05, 0.1) is 24.6 Å². The molecule has 0 aliphatic carbocycles. The fourth-order valence-electron chi connectivity index (χ4n) is 3.47. The van der Waals surface area contributed by atoms with Crippen LogP contribution in [-0.2, 0) is 14.2 Å². The third-order valence-electron chi connectivity index (χ3n) is 4.13. The Morgan fingerprint density at radius 2 is 1.83 bits per heavy atom. The predicted molar refractivity (Wildman–Crippen MR) is 84.6 cm³/mol. The number of nitrogens with zero attached hydrogens (tertiary/aromatic N) is 2. The second-order valence-electron chi connectivity index (χ2n) is 7.74. The van der Waals surface area contributed by atoms with E-state index in [1.54, 1.807) is 4.90 Å². The van der Waals surface area contributed by atoms with Gasteiger partial charge in [-0.05, 0) is 41.0 Å².